The Kier molecular flexibility index (Phi) is 2.22. The zero-order valence-corrected chi connectivity index (χ0v) is 8.79. The van der Waals surface area contributed by atoms with Gasteiger partial charge in [-0.15, -0.1) is 0 Å². The number of nitrogens with one attached hydrogen (secondary N) is 1. The summed E-state index contributed by atoms with van der Waals surface area (Å²) in [7, 11) is -3.29. The van der Waals surface area contributed by atoms with Gasteiger partial charge in [0.1, 0.15) is 5.75 Å². The minimum Gasteiger partial charge on any atom is -0.508 e. The Hall–Kier alpha value is -1.43. The maximum absolute atomic E-state index is 11.6. The first kappa shape index (κ1) is 10.1. The molecule has 0 heterocycles. The minimum absolute atomic E-state index is 0.0156. The van der Waals surface area contributed by atoms with E-state index in [0.717, 1.165) is 0 Å². The molecule has 0 radical (unpaired) electrons. The van der Waals surface area contributed by atoms with Crippen molar-refractivity contribution < 1.29 is 13.5 Å². The Bertz CT molecular complexity index is 480. The largest absolute Gasteiger partial charge is 0.508 e. The van der Waals surface area contributed by atoms with Crippen LogP contribution in [0.3, 0.4) is 0 Å². The Labute approximate surface area is 88.0 Å². The van der Waals surface area contributed by atoms with Gasteiger partial charge in [-0.1, -0.05) is 0 Å². The minimum atomic E-state index is -3.29. The molecule has 82 valence electrons. The van der Waals surface area contributed by atoms with Gasteiger partial charge in [0.15, 0.2) is 0 Å². The molecule has 0 aromatic heterocycles. The van der Waals surface area contributed by atoms with E-state index in [0.29, 0.717) is 18.5 Å². The van der Waals surface area contributed by atoms with E-state index in [1.54, 1.807) is 0 Å². The summed E-state index contributed by atoms with van der Waals surface area (Å²) in [5, 5.41) is 8.81. The van der Waals surface area contributed by atoms with Crippen LogP contribution in [0.1, 0.15) is 12.8 Å². The van der Waals surface area contributed by atoms with Gasteiger partial charge in [0.25, 0.3) is 0 Å². The predicted octanol–water partition coefficient (Wildman–Crippen LogP) is 0.878. The molecule has 0 unspecified atom stereocenters. The topological polar surface area (TPSA) is 92.4 Å². The van der Waals surface area contributed by atoms with Crippen molar-refractivity contribution in [2.24, 2.45) is 0 Å². The number of sulfonamides is 1. The highest BCUT2D eigenvalue weighted by atomic mass is 32.2. The standard InChI is InChI=1S/C9H12N2O3S/c10-8-5-6(12)1-4-9(8)11-15(13,14)7-2-3-7/h1,4-5,7,11-12H,2-3,10H2. The average Bonchev–Trinajstić information content (AvgIpc) is 2.92. The third-order valence-corrected chi connectivity index (χ3v) is 4.10. The number of hydrogen-bond donors (Lipinski definition) is 3. The van der Waals surface area contributed by atoms with E-state index in [1.807, 2.05) is 0 Å². The second-order valence-corrected chi connectivity index (χ2v) is 5.58. The first-order valence-corrected chi connectivity index (χ1v) is 6.14. The first-order chi connectivity index (χ1) is 6.99. The summed E-state index contributed by atoms with van der Waals surface area (Å²) in [5.74, 6) is 0.0156. The fourth-order valence-corrected chi connectivity index (χ4v) is 2.67. The van der Waals surface area contributed by atoms with Gasteiger partial charge >= 0.3 is 0 Å². The molecule has 1 aliphatic rings. The highest BCUT2D eigenvalue weighted by Crippen LogP contribution is 2.31. The summed E-state index contributed by atoms with van der Waals surface area (Å²) in [6.45, 7) is 0. The van der Waals surface area contributed by atoms with E-state index in [2.05, 4.69) is 4.72 Å². The molecule has 15 heavy (non-hydrogen) atoms. The van der Waals surface area contributed by atoms with Gasteiger partial charge in [0, 0.05) is 6.07 Å². The highest BCUT2D eigenvalue weighted by molar-refractivity contribution is 7.93. The average molecular weight is 228 g/mol. The molecular formula is C9H12N2O3S. The van der Waals surface area contributed by atoms with Gasteiger partial charge in [-0.25, -0.2) is 8.42 Å². The molecule has 4 N–H and O–H groups in total. The van der Waals surface area contributed by atoms with Crippen LogP contribution >= 0.6 is 0 Å². The third-order valence-electron chi connectivity index (χ3n) is 2.25. The number of aromatic hydroxyl groups is 1. The lowest BCUT2D eigenvalue weighted by Gasteiger charge is -2.09. The molecule has 0 atom stereocenters. The Morgan fingerprint density at radius 3 is 2.60 bits per heavy atom. The smallest absolute Gasteiger partial charge is 0.235 e. The van der Waals surface area contributed by atoms with Crippen molar-refractivity contribution in [2.45, 2.75) is 18.1 Å². The number of benzene rings is 1. The van der Waals surface area contributed by atoms with Crippen LogP contribution in [-0.2, 0) is 10.0 Å². The van der Waals surface area contributed by atoms with Gasteiger partial charge in [-0.05, 0) is 25.0 Å². The van der Waals surface area contributed by atoms with Crippen LogP contribution < -0.4 is 10.5 Å². The summed E-state index contributed by atoms with van der Waals surface area (Å²) in [4.78, 5) is 0. The molecule has 0 aliphatic heterocycles. The molecule has 1 aromatic carbocycles. The van der Waals surface area contributed by atoms with Crippen LogP contribution in [0.15, 0.2) is 18.2 Å². The van der Waals surface area contributed by atoms with Crippen LogP contribution in [-0.4, -0.2) is 18.8 Å². The number of rotatable bonds is 3. The molecule has 1 aliphatic carbocycles. The molecule has 1 saturated carbocycles. The molecule has 1 fully saturated rings. The zero-order chi connectivity index (χ0) is 11.1. The SMILES string of the molecule is Nc1cc(O)ccc1NS(=O)(=O)C1CC1. The van der Waals surface area contributed by atoms with Crippen molar-refractivity contribution in [1.29, 1.82) is 0 Å². The van der Waals surface area contributed by atoms with E-state index in [-0.39, 0.29) is 16.7 Å². The van der Waals surface area contributed by atoms with E-state index in [4.69, 9.17) is 10.8 Å². The fourth-order valence-electron chi connectivity index (χ4n) is 1.26. The molecule has 0 saturated heterocycles. The van der Waals surface area contributed by atoms with Crippen LogP contribution in [0.25, 0.3) is 0 Å². The van der Waals surface area contributed by atoms with E-state index >= 15 is 0 Å². The first-order valence-electron chi connectivity index (χ1n) is 4.59. The Morgan fingerprint density at radius 2 is 2.07 bits per heavy atom. The van der Waals surface area contributed by atoms with Crippen molar-refractivity contribution in [1.82, 2.24) is 0 Å². The molecule has 2 rings (SSSR count). The van der Waals surface area contributed by atoms with E-state index < -0.39 is 10.0 Å². The molecule has 0 spiro atoms. The van der Waals surface area contributed by atoms with E-state index in [9.17, 15) is 8.42 Å². The molecule has 1 aromatic rings. The quantitative estimate of drug-likeness (QED) is 0.529. The monoisotopic (exact) mass is 228 g/mol. The number of phenolic OH excluding ortho intramolecular Hbond substituents is 1. The summed E-state index contributed by atoms with van der Waals surface area (Å²) in [5.41, 5.74) is 6.10. The second kappa shape index (κ2) is 3.30. The molecule has 0 bridgehead atoms. The van der Waals surface area contributed by atoms with Gasteiger partial charge in [0.2, 0.25) is 10.0 Å². The van der Waals surface area contributed by atoms with Crippen LogP contribution in [0.2, 0.25) is 0 Å². The highest BCUT2D eigenvalue weighted by Gasteiger charge is 2.35. The lowest BCUT2D eigenvalue weighted by Crippen LogP contribution is -2.18. The fraction of sp³-hybridized carbons (Fsp3) is 0.333. The number of anilines is 2. The lowest BCUT2D eigenvalue weighted by atomic mass is 10.2. The maximum atomic E-state index is 11.6. The summed E-state index contributed by atoms with van der Waals surface area (Å²) < 4.78 is 25.6. The maximum Gasteiger partial charge on any atom is 0.235 e. The van der Waals surface area contributed by atoms with Gasteiger partial charge in [-0.3, -0.25) is 4.72 Å². The molecule has 6 heteroatoms. The van der Waals surface area contributed by atoms with Gasteiger partial charge in [0.05, 0.1) is 16.6 Å². The van der Waals surface area contributed by atoms with Crippen molar-refractivity contribution in [3.8, 4) is 5.75 Å². The van der Waals surface area contributed by atoms with Crippen molar-refractivity contribution in [2.75, 3.05) is 10.5 Å². The molecule has 0 amide bonds. The number of nitrogen functional groups attached to an aromatic ring is 1. The predicted molar refractivity (Wildman–Crippen MR) is 58.1 cm³/mol. The Balaban J connectivity index is 2.24. The normalized spacial score (nSPS) is 16.3. The third kappa shape index (κ3) is 2.15. The molecule has 5 nitrogen and oxygen atoms in total. The number of hydrogen-bond acceptors (Lipinski definition) is 4. The Morgan fingerprint density at radius 1 is 1.40 bits per heavy atom. The number of nitrogens with two attached hydrogens (primary N) is 1. The van der Waals surface area contributed by atoms with Crippen molar-refractivity contribution >= 4 is 21.4 Å². The lowest BCUT2D eigenvalue weighted by molar-refractivity contribution is 0.475. The second-order valence-electron chi connectivity index (χ2n) is 3.62. The van der Waals surface area contributed by atoms with Crippen molar-refractivity contribution in [3.63, 3.8) is 0 Å². The summed E-state index contributed by atoms with van der Waals surface area (Å²) in [6, 6.07) is 4.15. The summed E-state index contributed by atoms with van der Waals surface area (Å²) in [6.07, 6.45) is 1.40. The van der Waals surface area contributed by atoms with E-state index in [1.165, 1.54) is 18.2 Å². The zero-order valence-electron chi connectivity index (χ0n) is 7.97. The van der Waals surface area contributed by atoms with Crippen LogP contribution in [0.5, 0.6) is 5.75 Å². The van der Waals surface area contributed by atoms with Gasteiger partial charge < -0.3 is 10.8 Å². The summed E-state index contributed by atoms with van der Waals surface area (Å²) >= 11 is 0. The van der Waals surface area contributed by atoms with Crippen molar-refractivity contribution in [3.05, 3.63) is 18.2 Å². The molecular weight excluding hydrogens is 216 g/mol. The van der Waals surface area contributed by atoms with Gasteiger partial charge in [-0.2, -0.15) is 0 Å². The van der Waals surface area contributed by atoms with Crippen LogP contribution in [0, 0.1) is 0 Å². The van der Waals surface area contributed by atoms with Crippen LogP contribution in [0.4, 0.5) is 11.4 Å². The number of phenols is 1.